The minimum atomic E-state index is -3.83. The van der Waals surface area contributed by atoms with Crippen molar-refractivity contribution in [1.82, 2.24) is 4.98 Å². The number of sulfonamides is 1. The van der Waals surface area contributed by atoms with E-state index in [1.165, 1.54) is 24.4 Å². The molecule has 1 aromatic carbocycles. The van der Waals surface area contributed by atoms with Crippen LogP contribution in [-0.2, 0) is 10.0 Å². The summed E-state index contributed by atoms with van der Waals surface area (Å²) < 4.78 is 22.5. The smallest absolute Gasteiger partial charge is 0.258 e. The van der Waals surface area contributed by atoms with Crippen molar-refractivity contribution in [3.05, 3.63) is 52.8 Å². The largest absolute Gasteiger partial charge is 0.322 e. The van der Waals surface area contributed by atoms with Crippen molar-refractivity contribution in [2.45, 2.75) is 11.8 Å². The number of nitrogens with two attached hydrogens (primary N) is 1. The van der Waals surface area contributed by atoms with E-state index in [2.05, 4.69) is 10.3 Å². The number of nitrogens with zero attached hydrogens (tertiary/aromatic N) is 1. The number of carbonyl (C=O) groups is 1. The molecule has 21 heavy (non-hydrogen) atoms. The number of anilines is 1. The van der Waals surface area contributed by atoms with Gasteiger partial charge in [0.15, 0.2) is 0 Å². The van der Waals surface area contributed by atoms with Crippen molar-refractivity contribution in [3.63, 3.8) is 0 Å². The second-order valence-electron chi connectivity index (χ2n) is 4.33. The molecule has 1 amide bonds. The third-order valence-corrected chi connectivity index (χ3v) is 3.88. The van der Waals surface area contributed by atoms with Crippen LogP contribution in [0.2, 0.25) is 5.02 Å². The molecule has 0 aliphatic carbocycles. The molecule has 0 saturated carbocycles. The van der Waals surface area contributed by atoms with Gasteiger partial charge >= 0.3 is 0 Å². The summed E-state index contributed by atoms with van der Waals surface area (Å²) in [4.78, 5) is 16.0. The van der Waals surface area contributed by atoms with Crippen LogP contribution in [0.3, 0.4) is 0 Å². The van der Waals surface area contributed by atoms with Gasteiger partial charge in [0.2, 0.25) is 10.0 Å². The summed E-state index contributed by atoms with van der Waals surface area (Å²) >= 11 is 5.98. The van der Waals surface area contributed by atoms with Crippen LogP contribution < -0.4 is 10.5 Å². The Kier molecular flexibility index (Phi) is 4.26. The van der Waals surface area contributed by atoms with Gasteiger partial charge < -0.3 is 5.32 Å². The number of primary sulfonamides is 1. The summed E-state index contributed by atoms with van der Waals surface area (Å²) in [5.74, 6) is -0.487. The number of nitrogens with one attached hydrogen (secondary N) is 1. The maximum atomic E-state index is 12.1. The zero-order valence-corrected chi connectivity index (χ0v) is 12.6. The van der Waals surface area contributed by atoms with E-state index in [4.69, 9.17) is 16.7 Å². The van der Waals surface area contributed by atoms with Gasteiger partial charge in [-0.3, -0.25) is 9.78 Å². The summed E-state index contributed by atoms with van der Waals surface area (Å²) in [6, 6.07) is 7.19. The molecular formula is C13H12ClN3O3S. The van der Waals surface area contributed by atoms with Crippen molar-refractivity contribution >= 4 is 33.2 Å². The normalized spacial score (nSPS) is 11.2. The first-order valence-corrected chi connectivity index (χ1v) is 7.76. The number of rotatable bonds is 3. The second-order valence-corrected chi connectivity index (χ2v) is 6.30. The number of pyridine rings is 1. The van der Waals surface area contributed by atoms with Gasteiger partial charge in [0.25, 0.3) is 5.91 Å². The summed E-state index contributed by atoms with van der Waals surface area (Å²) in [6.45, 7) is 1.75. The quantitative estimate of drug-likeness (QED) is 0.900. The first-order chi connectivity index (χ1) is 9.77. The molecule has 0 radical (unpaired) electrons. The highest BCUT2D eigenvalue weighted by molar-refractivity contribution is 7.89. The van der Waals surface area contributed by atoms with Crippen molar-refractivity contribution < 1.29 is 13.2 Å². The molecule has 0 aliphatic heterocycles. The van der Waals surface area contributed by atoms with Crippen molar-refractivity contribution in [3.8, 4) is 0 Å². The fraction of sp³-hybridized carbons (Fsp3) is 0.0769. The van der Waals surface area contributed by atoms with Crippen molar-refractivity contribution in [1.29, 1.82) is 0 Å². The summed E-state index contributed by atoms with van der Waals surface area (Å²) in [5, 5.41) is 7.85. The van der Waals surface area contributed by atoms with E-state index in [0.717, 1.165) is 0 Å². The molecule has 2 rings (SSSR count). The summed E-state index contributed by atoms with van der Waals surface area (Å²) in [5.41, 5.74) is 1.18. The van der Waals surface area contributed by atoms with E-state index in [0.29, 0.717) is 11.4 Å². The maximum absolute atomic E-state index is 12.1. The van der Waals surface area contributed by atoms with Crippen LogP contribution in [0.4, 0.5) is 5.69 Å². The molecule has 0 atom stereocenters. The molecular weight excluding hydrogens is 314 g/mol. The van der Waals surface area contributed by atoms with Gasteiger partial charge in [-0.25, -0.2) is 13.6 Å². The van der Waals surface area contributed by atoms with Crippen LogP contribution >= 0.6 is 11.6 Å². The lowest BCUT2D eigenvalue weighted by molar-refractivity contribution is 0.102. The van der Waals surface area contributed by atoms with Crippen LogP contribution in [0.5, 0.6) is 0 Å². The fourth-order valence-corrected chi connectivity index (χ4v) is 2.49. The molecule has 0 spiro atoms. The van der Waals surface area contributed by atoms with Crippen LogP contribution in [0.1, 0.15) is 16.1 Å². The Morgan fingerprint density at radius 2 is 2.05 bits per heavy atom. The first-order valence-electron chi connectivity index (χ1n) is 5.84. The predicted molar refractivity (Wildman–Crippen MR) is 79.8 cm³/mol. The fourth-order valence-electron chi connectivity index (χ4n) is 1.64. The van der Waals surface area contributed by atoms with Gasteiger partial charge in [-0.15, -0.1) is 0 Å². The molecule has 0 bridgehead atoms. The molecule has 0 aliphatic rings. The number of aryl methyl sites for hydroxylation is 1. The molecule has 0 saturated heterocycles. The van der Waals surface area contributed by atoms with Gasteiger partial charge in [0.05, 0.1) is 15.5 Å². The molecule has 0 fully saturated rings. The van der Waals surface area contributed by atoms with E-state index < -0.39 is 15.9 Å². The maximum Gasteiger partial charge on any atom is 0.258 e. The van der Waals surface area contributed by atoms with Crippen LogP contribution in [0, 0.1) is 6.92 Å². The van der Waals surface area contributed by atoms with E-state index >= 15 is 0 Å². The monoisotopic (exact) mass is 325 g/mol. The van der Waals surface area contributed by atoms with Crippen LogP contribution in [0.15, 0.2) is 41.4 Å². The molecule has 3 N–H and O–H groups in total. The van der Waals surface area contributed by atoms with Crippen molar-refractivity contribution in [2.24, 2.45) is 5.14 Å². The molecule has 6 nitrogen and oxygen atoms in total. The lowest BCUT2D eigenvalue weighted by atomic mass is 10.2. The molecule has 8 heteroatoms. The number of aromatic nitrogens is 1. The van der Waals surface area contributed by atoms with E-state index in [1.807, 2.05) is 0 Å². The molecule has 2 aromatic rings. The zero-order chi connectivity index (χ0) is 15.6. The zero-order valence-electron chi connectivity index (χ0n) is 11.0. The summed E-state index contributed by atoms with van der Waals surface area (Å²) in [7, 11) is -3.83. The lowest BCUT2D eigenvalue weighted by Crippen LogP contribution is -2.15. The summed E-state index contributed by atoms with van der Waals surface area (Å²) in [6.07, 6.45) is 1.36. The average Bonchev–Trinajstić information content (AvgIpc) is 2.37. The highest BCUT2D eigenvalue weighted by atomic mass is 35.5. The minimum absolute atomic E-state index is 0.0894. The first kappa shape index (κ1) is 15.4. The highest BCUT2D eigenvalue weighted by Crippen LogP contribution is 2.19. The van der Waals surface area contributed by atoms with Crippen molar-refractivity contribution in [2.75, 3.05) is 5.32 Å². The Bertz CT molecular complexity index is 806. The Labute approximate surface area is 127 Å². The lowest BCUT2D eigenvalue weighted by Gasteiger charge is -2.08. The van der Waals surface area contributed by atoms with Crippen LogP contribution in [-0.4, -0.2) is 19.3 Å². The molecule has 1 aromatic heterocycles. The number of halogens is 1. The average molecular weight is 326 g/mol. The molecule has 1 heterocycles. The third kappa shape index (κ3) is 3.78. The standard InChI is InChI=1S/C13H12ClN3O3S/c1-8-5-12(14)11(7-16-8)13(18)17-9-3-2-4-10(6-9)21(15,19)20/h2-7H,1H3,(H,17,18)(H2,15,19,20). The number of hydrogen-bond acceptors (Lipinski definition) is 4. The van der Waals surface area contributed by atoms with Gasteiger partial charge in [-0.1, -0.05) is 17.7 Å². The number of carbonyl (C=O) groups excluding carboxylic acids is 1. The SMILES string of the molecule is Cc1cc(Cl)c(C(=O)Nc2cccc(S(N)(=O)=O)c2)cn1. The Morgan fingerprint density at radius 3 is 2.67 bits per heavy atom. The number of hydrogen-bond donors (Lipinski definition) is 2. The number of amides is 1. The van der Waals surface area contributed by atoms with E-state index in [-0.39, 0.29) is 15.5 Å². The predicted octanol–water partition coefficient (Wildman–Crippen LogP) is 1.94. The van der Waals surface area contributed by atoms with Gasteiger partial charge in [0.1, 0.15) is 0 Å². The Balaban J connectivity index is 2.28. The van der Waals surface area contributed by atoms with Gasteiger partial charge in [0, 0.05) is 17.6 Å². The van der Waals surface area contributed by atoms with E-state index in [1.54, 1.807) is 19.1 Å². The molecule has 0 unspecified atom stereocenters. The van der Waals surface area contributed by atoms with Gasteiger partial charge in [-0.05, 0) is 31.2 Å². The molecule has 110 valence electrons. The van der Waals surface area contributed by atoms with Gasteiger partial charge in [-0.2, -0.15) is 0 Å². The highest BCUT2D eigenvalue weighted by Gasteiger charge is 2.13. The Morgan fingerprint density at radius 1 is 1.33 bits per heavy atom. The third-order valence-electron chi connectivity index (χ3n) is 2.66. The van der Waals surface area contributed by atoms with E-state index in [9.17, 15) is 13.2 Å². The van der Waals surface area contributed by atoms with Crippen LogP contribution in [0.25, 0.3) is 0 Å². The second kappa shape index (κ2) is 5.80. The Hall–Kier alpha value is -1.96. The number of benzene rings is 1. The topological polar surface area (TPSA) is 102 Å². The minimum Gasteiger partial charge on any atom is -0.322 e.